The van der Waals surface area contributed by atoms with Gasteiger partial charge in [0.1, 0.15) is 0 Å². The number of alkyl halides is 6. The topological polar surface area (TPSA) is 46.5 Å². The van der Waals surface area contributed by atoms with E-state index in [0.717, 1.165) is 53.9 Å². The number of aliphatic hydroxyl groups is 1. The van der Waals surface area contributed by atoms with E-state index in [-0.39, 0.29) is 17.5 Å². The molecule has 0 fully saturated rings. The van der Waals surface area contributed by atoms with Crippen LogP contribution in [-0.2, 0) is 9.53 Å². The zero-order valence-corrected chi connectivity index (χ0v) is 23.5. The summed E-state index contributed by atoms with van der Waals surface area (Å²) < 4.78 is 82.6. The van der Waals surface area contributed by atoms with Crippen molar-refractivity contribution in [1.82, 2.24) is 0 Å². The summed E-state index contributed by atoms with van der Waals surface area (Å²) >= 11 is 0. The van der Waals surface area contributed by atoms with Crippen LogP contribution in [0.4, 0.5) is 26.3 Å². The minimum atomic E-state index is -6.00. The second-order valence-electron chi connectivity index (χ2n) is 9.88. The van der Waals surface area contributed by atoms with Gasteiger partial charge in [0.25, 0.3) is 0 Å². The number of rotatable bonds is 9. The summed E-state index contributed by atoms with van der Waals surface area (Å²) in [5.41, 5.74) is -1.05. The zero-order valence-electron chi connectivity index (χ0n) is 23.5. The highest BCUT2D eigenvalue weighted by Crippen LogP contribution is 2.42. The predicted octanol–water partition coefficient (Wildman–Crippen LogP) is 7.92. The van der Waals surface area contributed by atoms with Crippen molar-refractivity contribution in [2.75, 3.05) is 7.11 Å². The van der Waals surface area contributed by atoms with Gasteiger partial charge >= 0.3 is 23.9 Å². The number of unbranched alkanes of at least 4 members (excludes halogenated alkanes) is 3. The smallest absolute Gasteiger partial charge is 0.438 e. The third-order valence-corrected chi connectivity index (χ3v) is 6.73. The fourth-order valence-corrected chi connectivity index (χ4v) is 4.22. The zero-order chi connectivity index (χ0) is 30.8. The van der Waals surface area contributed by atoms with Crippen LogP contribution < -0.4 is 0 Å². The van der Waals surface area contributed by atoms with E-state index in [1.807, 2.05) is 31.0 Å². The summed E-state index contributed by atoms with van der Waals surface area (Å²) in [4.78, 5) is 11.2. The van der Waals surface area contributed by atoms with Crippen molar-refractivity contribution in [3.63, 3.8) is 0 Å². The number of carbonyl (C=O) groups excluding carboxylic acids is 1. The first-order chi connectivity index (χ1) is 19.1. The lowest BCUT2D eigenvalue weighted by Gasteiger charge is -2.27. The summed E-state index contributed by atoms with van der Waals surface area (Å²) in [6, 6.07) is 10.7. The van der Waals surface area contributed by atoms with Crippen LogP contribution in [0.1, 0.15) is 91.2 Å². The summed E-state index contributed by atoms with van der Waals surface area (Å²) in [6.45, 7) is 5.56. The van der Waals surface area contributed by atoms with E-state index in [0.29, 0.717) is 24.8 Å². The first kappa shape index (κ1) is 33.8. The molecule has 0 saturated heterocycles. The van der Waals surface area contributed by atoms with Crippen molar-refractivity contribution in [3.8, 4) is 23.7 Å². The number of benzene rings is 2. The first-order valence-corrected chi connectivity index (χ1v) is 13.3. The minimum absolute atomic E-state index is 0.0386. The molecule has 3 nitrogen and oxygen atoms in total. The molecule has 0 amide bonds. The molecule has 0 aliphatic heterocycles. The SMILES string of the molecule is CCCCC(c1ccc(C#CCCCCC(=O)OC)c(C)c1)c1ccc(C#CC(O)(C(F)(F)F)C(F)(F)F)c(C)c1. The van der Waals surface area contributed by atoms with E-state index < -0.39 is 18.0 Å². The molecule has 1 unspecified atom stereocenters. The molecule has 0 aromatic heterocycles. The predicted molar refractivity (Wildman–Crippen MR) is 145 cm³/mol. The molecule has 0 heterocycles. The summed E-state index contributed by atoms with van der Waals surface area (Å²) in [6.07, 6.45) is -6.89. The molecule has 41 heavy (non-hydrogen) atoms. The van der Waals surface area contributed by atoms with Gasteiger partial charge in [0.15, 0.2) is 0 Å². The van der Waals surface area contributed by atoms with Gasteiger partial charge in [0.05, 0.1) is 7.11 Å². The third-order valence-electron chi connectivity index (χ3n) is 6.73. The average Bonchev–Trinajstić information content (AvgIpc) is 2.89. The van der Waals surface area contributed by atoms with Crippen LogP contribution >= 0.6 is 0 Å². The molecular weight excluding hydrogens is 546 g/mol. The highest BCUT2D eigenvalue weighted by Gasteiger charge is 2.70. The van der Waals surface area contributed by atoms with Gasteiger partial charge in [0.2, 0.25) is 0 Å². The number of methoxy groups -OCH3 is 1. The van der Waals surface area contributed by atoms with Crippen molar-refractivity contribution in [2.45, 2.75) is 89.6 Å². The third kappa shape index (κ3) is 9.03. The molecule has 0 aliphatic rings. The standard InChI is InChI=1S/C32H34F6O3/c1-5-6-12-28(26-16-14-24(22(2)20-26)11-9-7-8-10-13-29(39)41-4)27-17-15-25(23(3)21-27)18-19-30(40,31(33,34)35)32(36,37)38/h14-17,20-21,28,40H,5-8,10,12-13H2,1-4H3. The molecular formula is C32H34F6O3. The van der Waals surface area contributed by atoms with Crippen molar-refractivity contribution < 1.29 is 41.0 Å². The lowest BCUT2D eigenvalue weighted by molar-refractivity contribution is -0.343. The summed E-state index contributed by atoms with van der Waals surface area (Å²) in [5, 5.41) is 9.34. The minimum Gasteiger partial charge on any atom is -0.469 e. The number of halogens is 6. The molecule has 1 atom stereocenters. The lowest BCUT2D eigenvalue weighted by atomic mass is 9.84. The number of esters is 1. The van der Waals surface area contributed by atoms with Gasteiger partial charge in [-0.25, -0.2) is 0 Å². The Balaban J connectivity index is 2.31. The Bertz CT molecular complexity index is 1310. The van der Waals surface area contributed by atoms with E-state index in [9.17, 15) is 36.2 Å². The van der Waals surface area contributed by atoms with Crippen molar-refractivity contribution in [1.29, 1.82) is 0 Å². The fourth-order valence-electron chi connectivity index (χ4n) is 4.22. The molecule has 1 N–H and O–H groups in total. The normalized spacial score (nSPS) is 12.6. The van der Waals surface area contributed by atoms with Gasteiger partial charge < -0.3 is 9.84 Å². The average molecular weight is 581 g/mol. The number of aryl methyl sites for hydroxylation is 2. The Morgan fingerprint density at radius 1 is 0.878 bits per heavy atom. The number of hydrogen-bond donors (Lipinski definition) is 1. The molecule has 0 aliphatic carbocycles. The van der Waals surface area contributed by atoms with Crippen molar-refractivity contribution in [3.05, 3.63) is 69.8 Å². The maximum Gasteiger partial charge on any atom is 0.438 e. The maximum atomic E-state index is 13.0. The molecule has 2 aromatic carbocycles. The van der Waals surface area contributed by atoms with Gasteiger partial charge in [-0.3, -0.25) is 4.79 Å². The van der Waals surface area contributed by atoms with E-state index in [1.165, 1.54) is 13.2 Å². The number of hydrogen-bond acceptors (Lipinski definition) is 3. The maximum absolute atomic E-state index is 13.0. The van der Waals surface area contributed by atoms with Gasteiger partial charge in [-0.15, -0.1) is 0 Å². The Morgan fingerprint density at radius 3 is 1.88 bits per heavy atom. The molecule has 9 heteroatoms. The van der Waals surface area contributed by atoms with Gasteiger partial charge in [-0.1, -0.05) is 61.8 Å². The van der Waals surface area contributed by atoms with Crippen LogP contribution in [0.3, 0.4) is 0 Å². The molecule has 222 valence electrons. The molecule has 0 spiro atoms. The second-order valence-corrected chi connectivity index (χ2v) is 9.88. The number of carbonyl (C=O) groups is 1. The molecule has 0 saturated carbocycles. The van der Waals surface area contributed by atoms with Gasteiger partial charge in [0, 0.05) is 29.9 Å². The Hall–Kier alpha value is -3.43. The van der Waals surface area contributed by atoms with Crippen LogP contribution in [0, 0.1) is 37.5 Å². The summed E-state index contributed by atoms with van der Waals surface area (Å²) in [5.74, 6) is 8.91. The lowest BCUT2D eigenvalue weighted by Crippen LogP contribution is -2.55. The Morgan fingerprint density at radius 2 is 1.41 bits per heavy atom. The van der Waals surface area contributed by atoms with Gasteiger partial charge in [-0.2, -0.15) is 26.3 Å². The van der Waals surface area contributed by atoms with Crippen molar-refractivity contribution >= 4 is 5.97 Å². The van der Waals surface area contributed by atoms with Crippen molar-refractivity contribution in [2.24, 2.45) is 0 Å². The van der Waals surface area contributed by atoms with E-state index >= 15 is 0 Å². The highest BCUT2D eigenvalue weighted by atomic mass is 19.4. The largest absolute Gasteiger partial charge is 0.469 e. The Labute approximate surface area is 237 Å². The van der Waals surface area contributed by atoms with Crippen LogP contribution in [0.15, 0.2) is 36.4 Å². The monoisotopic (exact) mass is 580 g/mol. The second kappa shape index (κ2) is 14.5. The van der Waals surface area contributed by atoms with E-state index in [4.69, 9.17) is 0 Å². The molecule has 2 rings (SSSR count). The van der Waals surface area contributed by atoms with Crippen LogP contribution in [-0.4, -0.2) is 36.1 Å². The molecule has 2 aromatic rings. The van der Waals surface area contributed by atoms with E-state index in [1.54, 1.807) is 19.1 Å². The first-order valence-electron chi connectivity index (χ1n) is 13.3. The van der Waals surface area contributed by atoms with Gasteiger partial charge in [-0.05, 0) is 73.4 Å². The molecule has 0 radical (unpaired) electrons. The fraction of sp³-hybridized carbons (Fsp3) is 0.469. The highest BCUT2D eigenvalue weighted by molar-refractivity contribution is 5.69. The van der Waals surface area contributed by atoms with E-state index in [2.05, 4.69) is 23.5 Å². The van der Waals surface area contributed by atoms with Crippen LogP contribution in [0.5, 0.6) is 0 Å². The quantitative estimate of drug-likeness (QED) is 0.142. The van der Waals surface area contributed by atoms with Crippen LogP contribution in [0.2, 0.25) is 0 Å². The summed E-state index contributed by atoms with van der Waals surface area (Å²) in [7, 11) is 1.36. The number of ether oxygens (including phenoxy) is 1. The molecule has 0 bridgehead atoms. The van der Waals surface area contributed by atoms with Crippen LogP contribution in [0.25, 0.3) is 0 Å². The Kier molecular flexibility index (Phi) is 11.9.